The first-order valence-corrected chi connectivity index (χ1v) is 9.38. The molecule has 0 spiro atoms. The van der Waals surface area contributed by atoms with Gasteiger partial charge in [-0.15, -0.1) is 0 Å². The molecule has 1 aliphatic heterocycles. The van der Waals surface area contributed by atoms with Gasteiger partial charge in [-0.1, -0.05) is 37.6 Å². The van der Waals surface area contributed by atoms with E-state index in [-0.39, 0.29) is 11.0 Å². The maximum atomic E-state index is 12.4. The van der Waals surface area contributed by atoms with Crippen LogP contribution in [0.5, 0.6) is 0 Å². The fourth-order valence-electron chi connectivity index (χ4n) is 2.74. The average molecular weight is 311 g/mol. The Bertz CT molecular complexity index is 533. The summed E-state index contributed by atoms with van der Waals surface area (Å²) >= 11 is 0. The molecule has 1 unspecified atom stereocenters. The SMILES string of the molecule is CCCc1ccc(C(N)CS(=O)(=O)C2CCOCC2)cc1. The zero-order valence-electron chi connectivity index (χ0n) is 12.6. The predicted octanol–water partition coefficient (Wildman–Crippen LogP) is 2.23. The van der Waals surface area contributed by atoms with Gasteiger partial charge in [0.15, 0.2) is 9.84 Å². The fourth-order valence-corrected chi connectivity index (χ4v) is 4.61. The Kier molecular flexibility index (Phi) is 5.79. The van der Waals surface area contributed by atoms with E-state index in [1.807, 2.05) is 24.3 Å². The summed E-state index contributed by atoms with van der Waals surface area (Å²) in [5.41, 5.74) is 8.26. The van der Waals surface area contributed by atoms with Crippen molar-refractivity contribution in [1.82, 2.24) is 0 Å². The molecular weight excluding hydrogens is 286 g/mol. The van der Waals surface area contributed by atoms with Gasteiger partial charge in [0.25, 0.3) is 0 Å². The van der Waals surface area contributed by atoms with Crippen LogP contribution in [-0.2, 0) is 21.0 Å². The summed E-state index contributed by atoms with van der Waals surface area (Å²) in [6, 6.07) is 7.54. The molecule has 0 saturated carbocycles. The van der Waals surface area contributed by atoms with Crippen molar-refractivity contribution in [3.8, 4) is 0 Å². The predicted molar refractivity (Wildman–Crippen MR) is 85.0 cm³/mol. The number of sulfone groups is 1. The number of hydrogen-bond acceptors (Lipinski definition) is 4. The van der Waals surface area contributed by atoms with E-state index in [0.717, 1.165) is 18.4 Å². The smallest absolute Gasteiger partial charge is 0.155 e. The van der Waals surface area contributed by atoms with Crippen molar-refractivity contribution >= 4 is 9.84 Å². The first-order valence-electron chi connectivity index (χ1n) is 7.66. The second kappa shape index (κ2) is 7.38. The van der Waals surface area contributed by atoms with Crippen LogP contribution in [0.3, 0.4) is 0 Å². The number of ether oxygens (including phenoxy) is 1. The van der Waals surface area contributed by atoms with Crippen molar-refractivity contribution in [2.75, 3.05) is 19.0 Å². The van der Waals surface area contributed by atoms with Gasteiger partial charge < -0.3 is 10.5 Å². The van der Waals surface area contributed by atoms with Crippen molar-refractivity contribution in [2.45, 2.75) is 43.9 Å². The Balaban J connectivity index is 2.00. The van der Waals surface area contributed by atoms with Crippen LogP contribution in [0.4, 0.5) is 0 Å². The zero-order valence-corrected chi connectivity index (χ0v) is 13.4. The Morgan fingerprint density at radius 3 is 2.43 bits per heavy atom. The van der Waals surface area contributed by atoms with Crippen LogP contribution in [0.1, 0.15) is 43.4 Å². The van der Waals surface area contributed by atoms with Crippen LogP contribution in [0.15, 0.2) is 24.3 Å². The van der Waals surface area contributed by atoms with Crippen LogP contribution in [0, 0.1) is 0 Å². The molecule has 21 heavy (non-hydrogen) atoms. The molecule has 4 nitrogen and oxygen atoms in total. The summed E-state index contributed by atoms with van der Waals surface area (Å²) in [4.78, 5) is 0. The second-order valence-electron chi connectivity index (χ2n) is 5.74. The van der Waals surface area contributed by atoms with E-state index in [9.17, 15) is 8.42 Å². The molecule has 0 aromatic heterocycles. The number of hydrogen-bond donors (Lipinski definition) is 1. The molecule has 0 bridgehead atoms. The summed E-state index contributed by atoms with van der Waals surface area (Å²) < 4.78 is 30.0. The van der Waals surface area contributed by atoms with Gasteiger partial charge in [0.2, 0.25) is 0 Å². The highest BCUT2D eigenvalue weighted by Crippen LogP contribution is 2.21. The van der Waals surface area contributed by atoms with Gasteiger partial charge in [0, 0.05) is 19.3 Å². The molecule has 1 aromatic rings. The quantitative estimate of drug-likeness (QED) is 0.874. The number of rotatable bonds is 6. The molecule has 5 heteroatoms. The van der Waals surface area contributed by atoms with Crippen molar-refractivity contribution in [3.63, 3.8) is 0 Å². The van der Waals surface area contributed by atoms with E-state index in [0.29, 0.717) is 26.1 Å². The largest absolute Gasteiger partial charge is 0.381 e. The lowest BCUT2D eigenvalue weighted by Crippen LogP contribution is -2.34. The molecule has 1 heterocycles. The van der Waals surface area contributed by atoms with Gasteiger partial charge >= 0.3 is 0 Å². The van der Waals surface area contributed by atoms with Gasteiger partial charge in [-0.05, 0) is 30.4 Å². The first kappa shape index (κ1) is 16.5. The molecule has 0 amide bonds. The summed E-state index contributed by atoms with van der Waals surface area (Å²) in [5.74, 6) is 0.0186. The van der Waals surface area contributed by atoms with Crippen LogP contribution in [0.25, 0.3) is 0 Å². The minimum Gasteiger partial charge on any atom is -0.381 e. The van der Waals surface area contributed by atoms with Crippen molar-refractivity contribution < 1.29 is 13.2 Å². The van der Waals surface area contributed by atoms with Gasteiger partial charge in [0.1, 0.15) is 0 Å². The standard InChI is InChI=1S/C16H25NO3S/c1-2-3-13-4-6-14(7-5-13)16(17)12-21(18,19)15-8-10-20-11-9-15/h4-7,15-16H,2-3,8-12,17H2,1H3. The van der Waals surface area contributed by atoms with Gasteiger partial charge in [-0.2, -0.15) is 0 Å². The molecule has 1 aromatic carbocycles. The van der Waals surface area contributed by atoms with Gasteiger partial charge in [-0.25, -0.2) is 8.42 Å². The van der Waals surface area contributed by atoms with Gasteiger partial charge in [-0.3, -0.25) is 0 Å². The summed E-state index contributed by atoms with van der Waals surface area (Å²) in [6.07, 6.45) is 3.31. The molecule has 2 N–H and O–H groups in total. The molecule has 0 radical (unpaired) electrons. The van der Waals surface area contributed by atoms with E-state index in [4.69, 9.17) is 10.5 Å². The van der Waals surface area contributed by atoms with E-state index in [1.165, 1.54) is 5.56 Å². The third-order valence-corrected chi connectivity index (χ3v) is 6.35. The first-order chi connectivity index (χ1) is 10.0. The fraction of sp³-hybridized carbons (Fsp3) is 0.625. The monoisotopic (exact) mass is 311 g/mol. The van der Waals surface area contributed by atoms with E-state index in [1.54, 1.807) is 0 Å². The molecule has 1 aliphatic rings. The lowest BCUT2D eigenvalue weighted by molar-refractivity contribution is 0.0983. The highest BCUT2D eigenvalue weighted by Gasteiger charge is 2.29. The van der Waals surface area contributed by atoms with Crippen molar-refractivity contribution in [1.29, 1.82) is 0 Å². The lowest BCUT2D eigenvalue weighted by atomic mass is 10.0. The second-order valence-corrected chi connectivity index (χ2v) is 8.07. The average Bonchev–Trinajstić information content (AvgIpc) is 2.49. The molecular formula is C16H25NO3S. The topological polar surface area (TPSA) is 69.4 Å². The lowest BCUT2D eigenvalue weighted by Gasteiger charge is -2.23. The van der Waals surface area contributed by atoms with Crippen LogP contribution >= 0.6 is 0 Å². The molecule has 2 rings (SSSR count). The Morgan fingerprint density at radius 2 is 1.86 bits per heavy atom. The highest BCUT2D eigenvalue weighted by molar-refractivity contribution is 7.92. The number of benzene rings is 1. The minimum atomic E-state index is -3.16. The van der Waals surface area contributed by atoms with E-state index < -0.39 is 15.9 Å². The molecule has 1 saturated heterocycles. The zero-order chi connectivity index (χ0) is 15.3. The Hall–Kier alpha value is -0.910. The van der Waals surface area contributed by atoms with Crippen molar-refractivity contribution in [2.24, 2.45) is 5.73 Å². The third-order valence-electron chi connectivity index (χ3n) is 4.03. The normalized spacial score (nSPS) is 18.6. The van der Waals surface area contributed by atoms with E-state index in [2.05, 4.69) is 6.92 Å². The number of aryl methyl sites for hydroxylation is 1. The number of nitrogens with two attached hydrogens (primary N) is 1. The minimum absolute atomic E-state index is 0.0186. The summed E-state index contributed by atoms with van der Waals surface area (Å²) in [7, 11) is -3.16. The molecule has 118 valence electrons. The summed E-state index contributed by atoms with van der Waals surface area (Å²) in [6.45, 7) is 3.20. The maximum absolute atomic E-state index is 12.4. The van der Waals surface area contributed by atoms with Crippen LogP contribution < -0.4 is 5.73 Å². The van der Waals surface area contributed by atoms with Crippen molar-refractivity contribution in [3.05, 3.63) is 35.4 Å². The Morgan fingerprint density at radius 1 is 1.24 bits per heavy atom. The van der Waals surface area contributed by atoms with E-state index >= 15 is 0 Å². The maximum Gasteiger partial charge on any atom is 0.155 e. The molecule has 0 aliphatic carbocycles. The van der Waals surface area contributed by atoms with Crippen LogP contribution in [0.2, 0.25) is 0 Å². The molecule has 1 fully saturated rings. The third kappa shape index (κ3) is 4.53. The highest BCUT2D eigenvalue weighted by atomic mass is 32.2. The van der Waals surface area contributed by atoms with Crippen LogP contribution in [-0.4, -0.2) is 32.6 Å². The Labute approximate surface area is 127 Å². The molecule has 1 atom stereocenters. The van der Waals surface area contributed by atoms with Gasteiger partial charge in [0.05, 0.1) is 11.0 Å². The summed E-state index contributed by atoms with van der Waals surface area (Å²) in [5, 5.41) is -0.295.